The SMILES string of the molecule is NCCc1nc(-c2ccc(Br)s2)c2n1CCCC2. The van der Waals surface area contributed by atoms with Crippen LogP contribution in [0.3, 0.4) is 0 Å². The second-order valence-corrected chi connectivity index (χ2v) is 7.04. The van der Waals surface area contributed by atoms with Crippen LogP contribution in [0.15, 0.2) is 15.9 Å². The molecule has 3 heterocycles. The molecule has 2 N–H and O–H groups in total. The fourth-order valence-electron chi connectivity index (χ4n) is 2.58. The Morgan fingerprint density at radius 2 is 2.28 bits per heavy atom. The summed E-state index contributed by atoms with van der Waals surface area (Å²) in [5.74, 6) is 1.16. The molecule has 0 amide bonds. The standard InChI is InChI=1S/C13H16BrN3S/c14-11-5-4-10(18-11)13-9-3-1-2-8-17(9)12(16-13)6-7-15/h4-5H,1-3,6-8,15H2. The van der Waals surface area contributed by atoms with Crippen molar-refractivity contribution in [3.63, 3.8) is 0 Å². The number of nitrogens with two attached hydrogens (primary N) is 1. The van der Waals surface area contributed by atoms with Crippen molar-refractivity contribution in [1.82, 2.24) is 9.55 Å². The lowest BCUT2D eigenvalue weighted by Crippen LogP contribution is -2.15. The predicted octanol–water partition coefficient (Wildman–Crippen LogP) is 3.21. The van der Waals surface area contributed by atoms with E-state index in [9.17, 15) is 0 Å². The first kappa shape index (κ1) is 12.4. The summed E-state index contributed by atoms with van der Waals surface area (Å²) in [5.41, 5.74) is 8.26. The molecular formula is C13H16BrN3S. The molecule has 0 saturated heterocycles. The van der Waals surface area contributed by atoms with Gasteiger partial charge in [0.2, 0.25) is 0 Å². The molecular weight excluding hydrogens is 310 g/mol. The minimum Gasteiger partial charge on any atom is -0.331 e. The van der Waals surface area contributed by atoms with Crippen molar-refractivity contribution in [2.24, 2.45) is 5.73 Å². The van der Waals surface area contributed by atoms with Crippen molar-refractivity contribution in [1.29, 1.82) is 0 Å². The van der Waals surface area contributed by atoms with Crippen LogP contribution in [-0.2, 0) is 19.4 Å². The van der Waals surface area contributed by atoms with E-state index in [0.717, 1.165) is 29.0 Å². The summed E-state index contributed by atoms with van der Waals surface area (Å²) in [7, 11) is 0. The summed E-state index contributed by atoms with van der Waals surface area (Å²) >= 11 is 5.28. The van der Waals surface area contributed by atoms with Crippen LogP contribution in [0.1, 0.15) is 24.4 Å². The van der Waals surface area contributed by atoms with Gasteiger partial charge in [-0.1, -0.05) is 0 Å². The van der Waals surface area contributed by atoms with Crippen LogP contribution in [-0.4, -0.2) is 16.1 Å². The number of thiophene rings is 1. The Labute approximate surface area is 119 Å². The van der Waals surface area contributed by atoms with E-state index in [0.29, 0.717) is 6.54 Å². The topological polar surface area (TPSA) is 43.8 Å². The lowest BCUT2D eigenvalue weighted by molar-refractivity contribution is 0.515. The molecule has 0 saturated carbocycles. The van der Waals surface area contributed by atoms with E-state index in [2.05, 4.69) is 32.6 Å². The maximum atomic E-state index is 5.69. The lowest BCUT2D eigenvalue weighted by Gasteiger charge is -2.17. The van der Waals surface area contributed by atoms with E-state index in [1.165, 1.54) is 29.1 Å². The third-order valence-electron chi connectivity index (χ3n) is 3.37. The molecule has 1 aliphatic rings. The fourth-order valence-corrected chi connectivity index (χ4v) is 3.97. The molecule has 1 aliphatic heterocycles. The van der Waals surface area contributed by atoms with E-state index in [1.54, 1.807) is 11.3 Å². The molecule has 0 fully saturated rings. The van der Waals surface area contributed by atoms with Crippen LogP contribution in [0, 0.1) is 0 Å². The highest BCUT2D eigenvalue weighted by molar-refractivity contribution is 9.11. The largest absolute Gasteiger partial charge is 0.331 e. The van der Waals surface area contributed by atoms with Gasteiger partial charge in [0.1, 0.15) is 11.5 Å². The summed E-state index contributed by atoms with van der Waals surface area (Å²) in [6.45, 7) is 1.77. The fraction of sp³-hybridized carbons (Fsp3) is 0.462. The zero-order chi connectivity index (χ0) is 12.5. The highest BCUT2D eigenvalue weighted by Crippen LogP contribution is 2.35. The Kier molecular flexibility index (Phi) is 3.54. The molecule has 0 unspecified atom stereocenters. The maximum absolute atomic E-state index is 5.69. The summed E-state index contributed by atoms with van der Waals surface area (Å²) in [4.78, 5) is 6.10. The molecule has 0 aliphatic carbocycles. The highest BCUT2D eigenvalue weighted by atomic mass is 79.9. The van der Waals surface area contributed by atoms with Crippen LogP contribution < -0.4 is 5.73 Å². The number of aromatic nitrogens is 2. The van der Waals surface area contributed by atoms with Gasteiger partial charge in [-0.15, -0.1) is 11.3 Å². The first-order valence-corrected chi connectivity index (χ1v) is 7.94. The Bertz CT molecular complexity index is 559. The number of nitrogens with zero attached hydrogens (tertiary/aromatic N) is 2. The average Bonchev–Trinajstić information content (AvgIpc) is 2.95. The number of fused-ring (bicyclic) bond motifs is 1. The molecule has 0 radical (unpaired) electrons. The number of hydrogen-bond acceptors (Lipinski definition) is 3. The smallest absolute Gasteiger partial charge is 0.110 e. The minimum absolute atomic E-state index is 0.671. The van der Waals surface area contributed by atoms with Crippen molar-refractivity contribution in [2.45, 2.75) is 32.2 Å². The molecule has 96 valence electrons. The first-order valence-electron chi connectivity index (χ1n) is 6.33. The van der Waals surface area contributed by atoms with E-state index in [4.69, 9.17) is 10.7 Å². The van der Waals surface area contributed by atoms with Crippen molar-refractivity contribution in [2.75, 3.05) is 6.54 Å². The molecule has 0 bridgehead atoms. The van der Waals surface area contributed by atoms with Gasteiger partial charge in [-0.05, 0) is 53.9 Å². The first-order chi connectivity index (χ1) is 8.79. The van der Waals surface area contributed by atoms with Gasteiger partial charge in [0, 0.05) is 18.7 Å². The number of hydrogen-bond donors (Lipinski definition) is 1. The van der Waals surface area contributed by atoms with Crippen molar-refractivity contribution in [3.8, 4) is 10.6 Å². The van der Waals surface area contributed by atoms with Crippen LogP contribution >= 0.6 is 27.3 Å². The van der Waals surface area contributed by atoms with Crippen LogP contribution in [0.25, 0.3) is 10.6 Å². The van der Waals surface area contributed by atoms with Crippen LogP contribution in [0.5, 0.6) is 0 Å². The number of halogens is 1. The Morgan fingerprint density at radius 1 is 1.39 bits per heavy atom. The Hall–Kier alpha value is -0.650. The summed E-state index contributed by atoms with van der Waals surface area (Å²) in [5, 5.41) is 0. The lowest BCUT2D eigenvalue weighted by atomic mass is 10.1. The van der Waals surface area contributed by atoms with E-state index < -0.39 is 0 Å². The van der Waals surface area contributed by atoms with Gasteiger partial charge in [0.15, 0.2) is 0 Å². The van der Waals surface area contributed by atoms with Crippen molar-refractivity contribution >= 4 is 27.3 Å². The third-order valence-corrected chi connectivity index (χ3v) is 5.00. The molecule has 2 aromatic heterocycles. The van der Waals surface area contributed by atoms with Gasteiger partial charge in [0.25, 0.3) is 0 Å². The van der Waals surface area contributed by atoms with E-state index >= 15 is 0 Å². The molecule has 0 spiro atoms. The average molecular weight is 326 g/mol. The summed E-state index contributed by atoms with van der Waals surface area (Å²) in [6, 6.07) is 4.25. The number of rotatable bonds is 3. The summed E-state index contributed by atoms with van der Waals surface area (Å²) < 4.78 is 3.55. The zero-order valence-corrected chi connectivity index (χ0v) is 12.6. The quantitative estimate of drug-likeness (QED) is 0.941. The Balaban J connectivity index is 2.08. The molecule has 3 rings (SSSR count). The molecule has 5 heteroatoms. The van der Waals surface area contributed by atoms with Crippen molar-refractivity contribution in [3.05, 3.63) is 27.4 Å². The normalized spacial score (nSPS) is 14.8. The molecule has 2 aromatic rings. The van der Waals surface area contributed by atoms with Gasteiger partial charge in [-0.25, -0.2) is 4.98 Å². The summed E-state index contributed by atoms with van der Waals surface area (Å²) in [6.07, 6.45) is 4.55. The second kappa shape index (κ2) is 5.15. The second-order valence-electron chi connectivity index (χ2n) is 4.57. The highest BCUT2D eigenvalue weighted by Gasteiger charge is 2.21. The number of imidazole rings is 1. The Morgan fingerprint density at radius 3 is 3.00 bits per heavy atom. The molecule has 0 atom stereocenters. The predicted molar refractivity (Wildman–Crippen MR) is 78.9 cm³/mol. The monoisotopic (exact) mass is 325 g/mol. The third kappa shape index (κ3) is 2.15. The van der Waals surface area contributed by atoms with Gasteiger partial charge in [-0.2, -0.15) is 0 Å². The van der Waals surface area contributed by atoms with E-state index in [-0.39, 0.29) is 0 Å². The van der Waals surface area contributed by atoms with E-state index in [1.807, 2.05) is 0 Å². The van der Waals surface area contributed by atoms with Crippen LogP contribution in [0.2, 0.25) is 0 Å². The minimum atomic E-state index is 0.671. The molecule has 0 aromatic carbocycles. The van der Waals surface area contributed by atoms with Crippen LogP contribution in [0.4, 0.5) is 0 Å². The zero-order valence-electron chi connectivity index (χ0n) is 10.2. The van der Waals surface area contributed by atoms with Gasteiger partial charge < -0.3 is 10.3 Å². The molecule has 18 heavy (non-hydrogen) atoms. The maximum Gasteiger partial charge on any atom is 0.110 e. The van der Waals surface area contributed by atoms with Gasteiger partial charge in [0.05, 0.1) is 8.66 Å². The van der Waals surface area contributed by atoms with Crippen molar-refractivity contribution < 1.29 is 0 Å². The van der Waals surface area contributed by atoms with Gasteiger partial charge >= 0.3 is 0 Å². The molecule has 3 nitrogen and oxygen atoms in total. The van der Waals surface area contributed by atoms with Gasteiger partial charge in [-0.3, -0.25) is 0 Å².